The normalized spacial score (nSPS) is 15.4. The first-order chi connectivity index (χ1) is 16.1. The van der Waals surface area contributed by atoms with Crippen LogP contribution in [0.1, 0.15) is 12.3 Å². The van der Waals surface area contributed by atoms with Gasteiger partial charge in [-0.2, -0.15) is 0 Å². The molecule has 0 saturated heterocycles. The Balaban J connectivity index is 1.85. The summed E-state index contributed by atoms with van der Waals surface area (Å²) in [6.07, 6.45) is 0. The molecule has 25 heavy (non-hydrogen) atoms. The first-order valence-corrected chi connectivity index (χ1v) is 7.73. The van der Waals surface area contributed by atoms with E-state index in [2.05, 4.69) is 5.32 Å². The summed E-state index contributed by atoms with van der Waals surface area (Å²) in [5, 5.41) is 2.96. The molecule has 120 valence electrons. The van der Waals surface area contributed by atoms with Crippen LogP contribution in [0, 0.1) is 0 Å². The van der Waals surface area contributed by atoms with Gasteiger partial charge in [-0.05, 0) is 46.5 Å². The lowest BCUT2D eigenvalue weighted by molar-refractivity contribution is 1.53. The van der Waals surface area contributed by atoms with Crippen LogP contribution in [0.5, 0.6) is 0 Å². The Bertz CT molecular complexity index is 1360. The molecular formula is C24H19N. The third kappa shape index (κ3) is 3.61. The van der Waals surface area contributed by atoms with Crippen LogP contribution in [-0.4, -0.2) is 0 Å². The topological polar surface area (TPSA) is 12.0 Å². The minimum atomic E-state index is -0.604. The van der Waals surface area contributed by atoms with Gasteiger partial charge in [-0.15, -0.1) is 0 Å². The third-order valence-corrected chi connectivity index (χ3v) is 3.61. The molecule has 1 heteroatoms. The molecule has 4 aromatic rings. The predicted octanol–water partition coefficient (Wildman–Crippen LogP) is 6.76. The van der Waals surface area contributed by atoms with E-state index in [1.807, 2.05) is 48.5 Å². The first kappa shape index (κ1) is 8.17. The molecule has 0 heterocycles. The van der Waals surface area contributed by atoms with Gasteiger partial charge < -0.3 is 5.32 Å². The Kier molecular flexibility index (Phi) is 2.31. The Morgan fingerprint density at radius 3 is 1.96 bits per heavy atom. The summed E-state index contributed by atoms with van der Waals surface area (Å²) in [4.78, 5) is 0. The molecule has 0 spiro atoms. The highest BCUT2D eigenvalue weighted by Crippen LogP contribution is 2.26. The van der Waals surface area contributed by atoms with E-state index in [-0.39, 0.29) is 16.8 Å². The van der Waals surface area contributed by atoms with Gasteiger partial charge in [-0.25, -0.2) is 0 Å². The molecule has 4 aromatic carbocycles. The predicted molar refractivity (Wildman–Crippen MR) is 107 cm³/mol. The van der Waals surface area contributed by atoms with Crippen LogP contribution < -0.4 is 5.32 Å². The smallest absolute Gasteiger partial charge is 0.0645 e. The average molecular weight is 330 g/mol. The zero-order valence-corrected chi connectivity index (χ0v) is 13.2. The molecule has 0 fully saturated rings. The van der Waals surface area contributed by atoms with Crippen molar-refractivity contribution < 1.29 is 12.3 Å². The van der Waals surface area contributed by atoms with Crippen LogP contribution in [0.4, 0.5) is 11.4 Å². The van der Waals surface area contributed by atoms with Crippen LogP contribution in [0.15, 0.2) is 109 Å². The number of anilines is 2. The molecule has 0 atom stereocenters. The van der Waals surface area contributed by atoms with Gasteiger partial charge in [0.1, 0.15) is 0 Å². The van der Waals surface area contributed by atoms with Gasteiger partial charge in [0.2, 0.25) is 0 Å². The monoisotopic (exact) mass is 330 g/mol. The molecule has 0 aliphatic heterocycles. The molecule has 0 radical (unpaired) electrons. The van der Waals surface area contributed by atoms with E-state index in [4.69, 9.17) is 12.3 Å². The summed E-state index contributed by atoms with van der Waals surface area (Å²) in [7, 11) is 0. The molecule has 1 nitrogen and oxygen atoms in total. The van der Waals surface area contributed by atoms with E-state index in [0.717, 1.165) is 11.1 Å². The van der Waals surface area contributed by atoms with Crippen LogP contribution in [0.25, 0.3) is 22.3 Å². The standard InChI is InChI=1S/C24H19N/c1-3-8-19(9-4-1)21-14-16-23(17-15-21)25-24-13-7-12-22(18-24)20-10-5-2-6-11-20/h1-18,25H/i1D,3D,4D,8D,9D,14D,15D,16D,17D. The first-order valence-electron chi connectivity index (χ1n) is 12.2. The number of benzene rings is 4. The minimum Gasteiger partial charge on any atom is -0.356 e. The van der Waals surface area contributed by atoms with Crippen molar-refractivity contribution in [3.63, 3.8) is 0 Å². The fourth-order valence-electron chi connectivity index (χ4n) is 2.43. The summed E-state index contributed by atoms with van der Waals surface area (Å²) < 4.78 is 73.7. The maximum atomic E-state index is 8.47. The van der Waals surface area contributed by atoms with Gasteiger partial charge >= 0.3 is 0 Å². The van der Waals surface area contributed by atoms with Gasteiger partial charge in [-0.3, -0.25) is 0 Å². The van der Waals surface area contributed by atoms with Gasteiger partial charge in [-0.1, -0.05) is 84.8 Å². The number of hydrogen-bond donors (Lipinski definition) is 1. The van der Waals surface area contributed by atoms with Crippen molar-refractivity contribution in [2.75, 3.05) is 5.32 Å². The van der Waals surface area contributed by atoms with Crippen LogP contribution in [0.2, 0.25) is 0 Å². The van der Waals surface area contributed by atoms with Gasteiger partial charge in [0, 0.05) is 11.4 Å². The molecule has 0 aliphatic rings. The van der Waals surface area contributed by atoms with E-state index in [0.29, 0.717) is 5.69 Å². The second kappa shape index (κ2) is 7.06. The van der Waals surface area contributed by atoms with Gasteiger partial charge in [0.15, 0.2) is 0 Å². The number of nitrogens with one attached hydrogen (secondary N) is 1. The van der Waals surface area contributed by atoms with E-state index < -0.39 is 54.4 Å². The second-order valence-corrected chi connectivity index (χ2v) is 5.32. The van der Waals surface area contributed by atoms with Crippen LogP contribution in [-0.2, 0) is 0 Å². The van der Waals surface area contributed by atoms with Crippen molar-refractivity contribution in [3.8, 4) is 22.3 Å². The summed E-state index contributed by atoms with van der Waals surface area (Å²) in [5.41, 5.74) is 1.66. The highest BCUT2D eigenvalue weighted by atomic mass is 14.9. The largest absolute Gasteiger partial charge is 0.356 e. The molecule has 0 bridgehead atoms. The Morgan fingerprint density at radius 2 is 1.20 bits per heavy atom. The lowest BCUT2D eigenvalue weighted by Crippen LogP contribution is -1.90. The molecule has 0 aromatic heterocycles. The highest BCUT2D eigenvalue weighted by Gasteiger charge is 2.01. The van der Waals surface area contributed by atoms with Crippen molar-refractivity contribution in [1.82, 2.24) is 0 Å². The number of rotatable bonds is 4. The quantitative estimate of drug-likeness (QED) is 0.435. The molecule has 0 aliphatic carbocycles. The summed E-state index contributed by atoms with van der Waals surface area (Å²) in [6.45, 7) is 0. The number of hydrogen-bond acceptors (Lipinski definition) is 1. The molecule has 4 rings (SSSR count). The van der Waals surface area contributed by atoms with Crippen molar-refractivity contribution in [2.24, 2.45) is 0 Å². The van der Waals surface area contributed by atoms with Gasteiger partial charge in [0.05, 0.1) is 12.3 Å². The Labute approximate surface area is 161 Å². The zero-order valence-electron chi connectivity index (χ0n) is 22.2. The lowest BCUT2D eigenvalue weighted by Gasteiger charge is -2.10. The lowest BCUT2D eigenvalue weighted by atomic mass is 10.0. The summed E-state index contributed by atoms with van der Waals surface area (Å²) in [5.74, 6) is 0. The molecule has 0 unspecified atom stereocenters. The maximum absolute atomic E-state index is 8.47. The molecule has 0 saturated carbocycles. The zero-order chi connectivity index (χ0) is 24.7. The van der Waals surface area contributed by atoms with E-state index in [9.17, 15) is 0 Å². The van der Waals surface area contributed by atoms with E-state index in [1.54, 1.807) is 6.07 Å². The fraction of sp³-hybridized carbons (Fsp3) is 0. The van der Waals surface area contributed by atoms with Crippen molar-refractivity contribution in [1.29, 1.82) is 0 Å². The van der Waals surface area contributed by atoms with E-state index >= 15 is 0 Å². The second-order valence-electron chi connectivity index (χ2n) is 5.32. The minimum absolute atomic E-state index is 0.0728. The highest BCUT2D eigenvalue weighted by molar-refractivity contribution is 5.72. The average Bonchev–Trinajstić information content (AvgIpc) is 2.85. The molecule has 1 N–H and O–H groups in total. The van der Waals surface area contributed by atoms with Crippen molar-refractivity contribution in [2.45, 2.75) is 0 Å². The third-order valence-electron chi connectivity index (χ3n) is 3.61. The maximum Gasteiger partial charge on any atom is 0.0645 e. The summed E-state index contributed by atoms with van der Waals surface area (Å²) in [6, 6.07) is 12.1. The van der Waals surface area contributed by atoms with E-state index in [1.165, 1.54) is 0 Å². The van der Waals surface area contributed by atoms with Crippen molar-refractivity contribution in [3.05, 3.63) is 109 Å². The molecule has 0 amide bonds. The SMILES string of the molecule is [2H]c1c([2H])c([2H])c(-c2c([2H])c([2H])c(Nc3cccc(-c4ccccc4)c3)c([2H])c2[2H])c([2H])c1[2H]. The van der Waals surface area contributed by atoms with Crippen LogP contribution in [0.3, 0.4) is 0 Å². The fourth-order valence-corrected chi connectivity index (χ4v) is 2.43. The Morgan fingerprint density at radius 1 is 0.520 bits per heavy atom. The van der Waals surface area contributed by atoms with Gasteiger partial charge in [0.25, 0.3) is 0 Å². The van der Waals surface area contributed by atoms with Crippen LogP contribution >= 0.6 is 0 Å². The Hall–Kier alpha value is -3.32. The molecular weight excluding hydrogens is 302 g/mol. The summed E-state index contributed by atoms with van der Waals surface area (Å²) >= 11 is 0. The van der Waals surface area contributed by atoms with Crippen molar-refractivity contribution >= 4 is 11.4 Å².